The molecular formula is C9H21LiO3S. The SMILES string of the molecule is CCCCCCCCC.O=S([O-])O.[Li+]. The van der Waals surface area contributed by atoms with Crippen LogP contribution in [0, 0.1) is 0 Å². The molecule has 0 aliphatic rings. The molecule has 0 aliphatic heterocycles. The van der Waals surface area contributed by atoms with Gasteiger partial charge in [0, 0.05) is 0 Å². The monoisotopic (exact) mass is 216 g/mol. The number of hydrogen-bond donors (Lipinski definition) is 1. The van der Waals surface area contributed by atoms with E-state index < -0.39 is 11.4 Å². The van der Waals surface area contributed by atoms with Crippen LogP contribution in [0.4, 0.5) is 0 Å². The first-order valence-electron chi connectivity index (χ1n) is 4.93. The summed E-state index contributed by atoms with van der Waals surface area (Å²) in [5.41, 5.74) is 0. The van der Waals surface area contributed by atoms with Crippen molar-refractivity contribution < 1.29 is 32.2 Å². The largest absolute Gasteiger partial charge is 1.00 e. The van der Waals surface area contributed by atoms with Gasteiger partial charge in [-0.25, -0.2) is 4.21 Å². The smallest absolute Gasteiger partial charge is 0.750 e. The molecule has 0 aliphatic carbocycles. The molecule has 1 atom stereocenters. The molecule has 82 valence electrons. The predicted molar refractivity (Wildman–Crippen MR) is 55.2 cm³/mol. The van der Waals surface area contributed by atoms with Gasteiger partial charge in [0.2, 0.25) is 0 Å². The first-order valence-corrected chi connectivity index (χ1v) is 5.96. The van der Waals surface area contributed by atoms with Gasteiger partial charge in [0.05, 0.1) is 11.4 Å². The average molecular weight is 216 g/mol. The van der Waals surface area contributed by atoms with Gasteiger partial charge in [-0.1, -0.05) is 58.8 Å². The second-order valence-corrected chi connectivity index (χ2v) is 3.42. The molecule has 0 rings (SSSR count). The fourth-order valence-corrected chi connectivity index (χ4v) is 1.03. The summed E-state index contributed by atoms with van der Waals surface area (Å²) >= 11 is -2.86. The third-order valence-corrected chi connectivity index (χ3v) is 1.71. The molecule has 0 aromatic carbocycles. The summed E-state index contributed by atoms with van der Waals surface area (Å²) in [4.78, 5) is 0. The number of unbranched alkanes of at least 4 members (excludes halogenated alkanes) is 6. The summed E-state index contributed by atoms with van der Waals surface area (Å²) < 4.78 is 24.1. The molecule has 0 amide bonds. The number of rotatable bonds is 6. The van der Waals surface area contributed by atoms with Gasteiger partial charge in [-0.2, -0.15) is 0 Å². The van der Waals surface area contributed by atoms with E-state index >= 15 is 0 Å². The molecule has 14 heavy (non-hydrogen) atoms. The summed E-state index contributed by atoms with van der Waals surface area (Å²) in [6, 6.07) is 0. The average Bonchev–Trinajstić information content (AvgIpc) is 2.03. The second-order valence-electron chi connectivity index (χ2n) is 2.98. The van der Waals surface area contributed by atoms with Gasteiger partial charge < -0.3 is 9.11 Å². The molecule has 0 saturated heterocycles. The molecule has 3 nitrogen and oxygen atoms in total. The van der Waals surface area contributed by atoms with Gasteiger partial charge >= 0.3 is 18.9 Å². The first kappa shape index (κ1) is 20.1. The minimum absolute atomic E-state index is 0. The van der Waals surface area contributed by atoms with Crippen molar-refractivity contribution in [3.63, 3.8) is 0 Å². The molecule has 0 saturated carbocycles. The fourth-order valence-electron chi connectivity index (χ4n) is 1.03. The van der Waals surface area contributed by atoms with Crippen molar-refractivity contribution >= 4 is 11.4 Å². The maximum atomic E-state index is 8.56. The van der Waals surface area contributed by atoms with Gasteiger partial charge in [-0.05, 0) is 0 Å². The first-order chi connectivity index (χ1) is 6.15. The zero-order valence-electron chi connectivity index (χ0n) is 9.62. The van der Waals surface area contributed by atoms with Crippen molar-refractivity contribution in [2.75, 3.05) is 0 Å². The summed E-state index contributed by atoms with van der Waals surface area (Å²) in [6.45, 7) is 4.53. The zero-order chi connectivity index (χ0) is 10.5. The van der Waals surface area contributed by atoms with Gasteiger partial charge in [0.1, 0.15) is 0 Å². The van der Waals surface area contributed by atoms with Gasteiger partial charge in [0.25, 0.3) is 0 Å². The van der Waals surface area contributed by atoms with E-state index in [4.69, 9.17) is 13.3 Å². The van der Waals surface area contributed by atoms with Crippen LogP contribution >= 0.6 is 0 Å². The molecule has 1 unspecified atom stereocenters. The Labute approximate surface area is 102 Å². The zero-order valence-corrected chi connectivity index (χ0v) is 10.4. The van der Waals surface area contributed by atoms with E-state index in [2.05, 4.69) is 13.8 Å². The van der Waals surface area contributed by atoms with Gasteiger partial charge in [0.15, 0.2) is 0 Å². The Bertz CT molecular complexity index is 102. The Balaban J connectivity index is -0.000000209. The summed E-state index contributed by atoms with van der Waals surface area (Å²) in [5, 5.41) is 0. The van der Waals surface area contributed by atoms with Gasteiger partial charge in [-0.15, -0.1) is 0 Å². The third-order valence-electron chi connectivity index (χ3n) is 1.71. The van der Waals surface area contributed by atoms with Crippen LogP contribution in [-0.4, -0.2) is 13.3 Å². The molecule has 0 spiro atoms. The van der Waals surface area contributed by atoms with Crippen molar-refractivity contribution in [2.45, 2.75) is 58.8 Å². The molecule has 0 aromatic heterocycles. The molecule has 5 heteroatoms. The van der Waals surface area contributed by atoms with Crippen LogP contribution in [0.15, 0.2) is 0 Å². The van der Waals surface area contributed by atoms with Crippen molar-refractivity contribution in [3.05, 3.63) is 0 Å². The van der Waals surface area contributed by atoms with Crippen LogP contribution in [0.2, 0.25) is 0 Å². The van der Waals surface area contributed by atoms with Crippen LogP contribution in [0.3, 0.4) is 0 Å². The van der Waals surface area contributed by atoms with Crippen LogP contribution in [0.5, 0.6) is 0 Å². The van der Waals surface area contributed by atoms with Crippen molar-refractivity contribution in [3.8, 4) is 0 Å². The Morgan fingerprint density at radius 3 is 1.43 bits per heavy atom. The molecule has 0 radical (unpaired) electrons. The van der Waals surface area contributed by atoms with E-state index in [1.807, 2.05) is 0 Å². The quantitative estimate of drug-likeness (QED) is 0.389. The Hall–Kier alpha value is 0.667. The van der Waals surface area contributed by atoms with Crippen molar-refractivity contribution in [1.82, 2.24) is 0 Å². The topological polar surface area (TPSA) is 60.4 Å². The summed E-state index contributed by atoms with van der Waals surface area (Å²) in [6.07, 6.45) is 9.97. The molecular weight excluding hydrogens is 195 g/mol. The van der Waals surface area contributed by atoms with Crippen molar-refractivity contribution in [1.29, 1.82) is 0 Å². The minimum atomic E-state index is -2.86. The summed E-state index contributed by atoms with van der Waals surface area (Å²) in [5.74, 6) is 0. The van der Waals surface area contributed by atoms with Crippen LogP contribution in [0.1, 0.15) is 58.8 Å². The molecule has 0 heterocycles. The molecule has 0 bridgehead atoms. The fraction of sp³-hybridized carbons (Fsp3) is 1.00. The standard InChI is InChI=1S/C9H20.Li.H2O3S/c1-3-5-7-9-8-6-4-2;;1-4(2)3/h3-9H2,1-2H3;;(H2,1,2,3)/q;+1;/p-1. The van der Waals surface area contributed by atoms with E-state index in [1.165, 1.54) is 44.9 Å². The van der Waals surface area contributed by atoms with Crippen LogP contribution < -0.4 is 18.9 Å². The van der Waals surface area contributed by atoms with E-state index in [0.29, 0.717) is 0 Å². The van der Waals surface area contributed by atoms with Crippen LogP contribution in [0.25, 0.3) is 0 Å². The van der Waals surface area contributed by atoms with Crippen LogP contribution in [-0.2, 0) is 11.4 Å². The molecule has 0 fully saturated rings. The Morgan fingerprint density at radius 2 is 1.21 bits per heavy atom. The normalized spacial score (nSPS) is 10.9. The molecule has 1 N–H and O–H groups in total. The van der Waals surface area contributed by atoms with E-state index in [9.17, 15) is 0 Å². The maximum absolute atomic E-state index is 8.56. The second kappa shape index (κ2) is 19.3. The maximum Gasteiger partial charge on any atom is 1.00 e. The van der Waals surface area contributed by atoms with Crippen molar-refractivity contribution in [2.24, 2.45) is 0 Å². The Kier molecular flexibility index (Phi) is 27.7. The molecule has 0 aromatic rings. The third kappa shape index (κ3) is 38.8. The Morgan fingerprint density at radius 1 is 1.00 bits per heavy atom. The predicted octanol–water partition coefficient (Wildman–Crippen LogP) is 0.0994. The van der Waals surface area contributed by atoms with E-state index in [-0.39, 0.29) is 18.9 Å². The summed E-state index contributed by atoms with van der Waals surface area (Å²) in [7, 11) is 0. The number of hydrogen-bond acceptors (Lipinski definition) is 2. The van der Waals surface area contributed by atoms with Gasteiger partial charge in [-0.3, -0.25) is 0 Å². The van der Waals surface area contributed by atoms with E-state index in [1.54, 1.807) is 0 Å². The van der Waals surface area contributed by atoms with E-state index in [0.717, 1.165) is 0 Å². The minimum Gasteiger partial charge on any atom is -0.750 e.